The Bertz CT molecular complexity index is 366. The first-order chi connectivity index (χ1) is 7.22. The van der Waals surface area contributed by atoms with E-state index in [1.807, 2.05) is 6.92 Å². The van der Waals surface area contributed by atoms with Gasteiger partial charge in [0.1, 0.15) is 16.7 Å². The number of hydrogen-bond donors (Lipinski definition) is 2. The minimum absolute atomic E-state index is 0.160. The first kappa shape index (κ1) is 10.7. The molecule has 0 radical (unpaired) electrons. The molecular weight excluding hydrogens is 210 g/mol. The molecule has 0 aliphatic heterocycles. The van der Waals surface area contributed by atoms with Crippen LogP contribution in [0.15, 0.2) is 5.03 Å². The summed E-state index contributed by atoms with van der Waals surface area (Å²) >= 11 is 1.54. The molecule has 1 aliphatic carbocycles. The molecule has 2 rings (SSSR count). The summed E-state index contributed by atoms with van der Waals surface area (Å²) in [5.41, 5.74) is 6.76. The van der Waals surface area contributed by atoms with Gasteiger partial charge in [-0.15, -0.1) is 11.8 Å². The monoisotopic (exact) mass is 225 g/mol. The predicted molar refractivity (Wildman–Crippen MR) is 61.0 cm³/mol. The van der Waals surface area contributed by atoms with Gasteiger partial charge in [-0.05, 0) is 19.8 Å². The summed E-state index contributed by atoms with van der Waals surface area (Å²) in [7, 11) is 0. The third-order valence-electron chi connectivity index (χ3n) is 2.43. The van der Waals surface area contributed by atoms with Gasteiger partial charge in [-0.2, -0.15) is 0 Å². The van der Waals surface area contributed by atoms with E-state index in [1.165, 1.54) is 24.6 Å². The molecule has 0 amide bonds. The Balaban J connectivity index is 2.25. The van der Waals surface area contributed by atoms with Gasteiger partial charge in [0, 0.05) is 17.2 Å². The Morgan fingerprint density at radius 3 is 2.80 bits per heavy atom. The number of aliphatic hydroxyl groups is 1. The number of anilines is 1. The van der Waals surface area contributed by atoms with Gasteiger partial charge in [0.25, 0.3) is 0 Å². The van der Waals surface area contributed by atoms with Crippen LogP contribution in [0.3, 0.4) is 0 Å². The third-order valence-corrected chi connectivity index (χ3v) is 3.49. The molecule has 1 aromatic rings. The maximum atomic E-state index is 8.78. The van der Waals surface area contributed by atoms with Crippen molar-refractivity contribution in [2.75, 3.05) is 18.1 Å². The van der Waals surface area contributed by atoms with E-state index in [9.17, 15) is 0 Å². The SMILES string of the molecule is Cc1c(N)nc(C2CC2)nc1SCCO. The number of aromatic nitrogens is 2. The van der Waals surface area contributed by atoms with Crippen LogP contribution in [0.2, 0.25) is 0 Å². The lowest BCUT2D eigenvalue weighted by atomic mass is 10.3. The molecule has 1 aromatic heterocycles. The maximum Gasteiger partial charge on any atom is 0.135 e. The van der Waals surface area contributed by atoms with Crippen molar-refractivity contribution >= 4 is 17.6 Å². The molecule has 3 N–H and O–H groups in total. The molecule has 1 saturated carbocycles. The molecule has 0 atom stereocenters. The Morgan fingerprint density at radius 1 is 1.47 bits per heavy atom. The van der Waals surface area contributed by atoms with Gasteiger partial charge < -0.3 is 10.8 Å². The minimum atomic E-state index is 0.160. The average molecular weight is 225 g/mol. The summed E-state index contributed by atoms with van der Waals surface area (Å²) < 4.78 is 0. The van der Waals surface area contributed by atoms with Crippen LogP contribution in [0.1, 0.15) is 30.1 Å². The first-order valence-electron chi connectivity index (χ1n) is 5.10. The Labute approximate surface area is 93.3 Å². The summed E-state index contributed by atoms with van der Waals surface area (Å²) in [5.74, 6) is 2.62. The second-order valence-electron chi connectivity index (χ2n) is 3.74. The maximum absolute atomic E-state index is 8.78. The lowest BCUT2D eigenvalue weighted by molar-refractivity contribution is 0.322. The molecule has 0 saturated heterocycles. The lowest BCUT2D eigenvalue weighted by Gasteiger charge is -2.08. The number of nitrogens with two attached hydrogens (primary N) is 1. The van der Waals surface area contributed by atoms with Crippen LogP contribution in [-0.4, -0.2) is 27.4 Å². The highest BCUT2D eigenvalue weighted by Gasteiger charge is 2.27. The Kier molecular flexibility index (Phi) is 3.11. The van der Waals surface area contributed by atoms with E-state index in [0.29, 0.717) is 17.5 Å². The van der Waals surface area contributed by atoms with E-state index in [-0.39, 0.29) is 6.61 Å². The van der Waals surface area contributed by atoms with E-state index in [2.05, 4.69) is 9.97 Å². The highest BCUT2D eigenvalue weighted by molar-refractivity contribution is 7.99. The van der Waals surface area contributed by atoms with Crippen molar-refractivity contribution in [2.45, 2.75) is 30.7 Å². The summed E-state index contributed by atoms with van der Waals surface area (Å²) in [4.78, 5) is 8.79. The standard InChI is InChI=1S/C10H15N3OS/c1-6-8(11)12-9(7-2-3-7)13-10(6)15-5-4-14/h7,14H,2-5H2,1H3,(H2,11,12,13). The van der Waals surface area contributed by atoms with Crippen LogP contribution in [0, 0.1) is 6.92 Å². The van der Waals surface area contributed by atoms with Gasteiger partial charge in [0.15, 0.2) is 0 Å². The molecule has 5 heteroatoms. The number of aliphatic hydroxyl groups excluding tert-OH is 1. The van der Waals surface area contributed by atoms with E-state index in [0.717, 1.165) is 16.4 Å². The first-order valence-corrected chi connectivity index (χ1v) is 6.08. The molecular formula is C10H15N3OS. The van der Waals surface area contributed by atoms with Gasteiger partial charge >= 0.3 is 0 Å². The van der Waals surface area contributed by atoms with Crippen molar-refractivity contribution in [1.82, 2.24) is 9.97 Å². The van der Waals surface area contributed by atoms with E-state index < -0.39 is 0 Å². The summed E-state index contributed by atoms with van der Waals surface area (Å²) in [6.07, 6.45) is 2.35. The average Bonchev–Trinajstić information content (AvgIpc) is 3.03. The van der Waals surface area contributed by atoms with E-state index in [1.54, 1.807) is 0 Å². The van der Waals surface area contributed by atoms with Crippen molar-refractivity contribution in [3.63, 3.8) is 0 Å². The highest BCUT2D eigenvalue weighted by Crippen LogP contribution is 2.39. The van der Waals surface area contributed by atoms with Crippen LogP contribution in [0.25, 0.3) is 0 Å². The fourth-order valence-corrected chi connectivity index (χ4v) is 2.10. The summed E-state index contributed by atoms with van der Waals surface area (Å²) in [6, 6.07) is 0. The zero-order valence-corrected chi connectivity index (χ0v) is 9.55. The highest BCUT2D eigenvalue weighted by atomic mass is 32.2. The van der Waals surface area contributed by atoms with E-state index >= 15 is 0 Å². The van der Waals surface area contributed by atoms with Gasteiger partial charge in [0.2, 0.25) is 0 Å². The summed E-state index contributed by atoms with van der Waals surface area (Å²) in [5, 5.41) is 9.70. The molecule has 0 bridgehead atoms. The van der Waals surface area contributed by atoms with Crippen molar-refractivity contribution in [3.05, 3.63) is 11.4 Å². The smallest absolute Gasteiger partial charge is 0.135 e. The number of hydrogen-bond acceptors (Lipinski definition) is 5. The van der Waals surface area contributed by atoms with Gasteiger partial charge in [0.05, 0.1) is 6.61 Å². The van der Waals surface area contributed by atoms with Crippen LogP contribution in [0.5, 0.6) is 0 Å². The van der Waals surface area contributed by atoms with Crippen LogP contribution in [0.4, 0.5) is 5.82 Å². The fourth-order valence-electron chi connectivity index (χ4n) is 1.34. The van der Waals surface area contributed by atoms with E-state index in [4.69, 9.17) is 10.8 Å². The number of nitrogens with zero attached hydrogens (tertiary/aromatic N) is 2. The quantitative estimate of drug-likeness (QED) is 0.597. The second-order valence-corrected chi connectivity index (χ2v) is 4.83. The molecule has 1 heterocycles. The number of thioether (sulfide) groups is 1. The van der Waals surface area contributed by atoms with Crippen molar-refractivity contribution in [2.24, 2.45) is 0 Å². The number of nitrogen functional groups attached to an aromatic ring is 1. The fraction of sp³-hybridized carbons (Fsp3) is 0.600. The molecule has 0 spiro atoms. The molecule has 0 unspecified atom stereocenters. The molecule has 15 heavy (non-hydrogen) atoms. The second kappa shape index (κ2) is 4.37. The largest absolute Gasteiger partial charge is 0.396 e. The lowest BCUT2D eigenvalue weighted by Crippen LogP contribution is -2.04. The van der Waals surface area contributed by atoms with Crippen LogP contribution < -0.4 is 5.73 Å². The van der Waals surface area contributed by atoms with Gasteiger partial charge in [-0.25, -0.2) is 9.97 Å². The normalized spacial score (nSPS) is 15.6. The predicted octanol–water partition coefficient (Wildman–Crippen LogP) is 1.33. The van der Waals surface area contributed by atoms with Crippen LogP contribution in [-0.2, 0) is 0 Å². The molecule has 1 aliphatic rings. The zero-order chi connectivity index (χ0) is 10.8. The van der Waals surface area contributed by atoms with Crippen molar-refractivity contribution in [3.8, 4) is 0 Å². The zero-order valence-electron chi connectivity index (χ0n) is 8.73. The number of rotatable bonds is 4. The molecule has 0 aromatic carbocycles. The molecule has 82 valence electrons. The summed E-state index contributed by atoms with van der Waals surface area (Å²) in [6.45, 7) is 2.08. The molecule has 1 fully saturated rings. The Hall–Kier alpha value is -0.810. The molecule has 4 nitrogen and oxygen atoms in total. The van der Waals surface area contributed by atoms with Gasteiger partial charge in [-0.1, -0.05) is 0 Å². The van der Waals surface area contributed by atoms with Crippen molar-refractivity contribution < 1.29 is 5.11 Å². The van der Waals surface area contributed by atoms with Crippen LogP contribution >= 0.6 is 11.8 Å². The Morgan fingerprint density at radius 2 is 2.20 bits per heavy atom. The van der Waals surface area contributed by atoms with Gasteiger partial charge in [-0.3, -0.25) is 0 Å². The minimum Gasteiger partial charge on any atom is -0.396 e. The van der Waals surface area contributed by atoms with Crippen molar-refractivity contribution in [1.29, 1.82) is 0 Å². The topological polar surface area (TPSA) is 72.0 Å². The third kappa shape index (κ3) is 2.41.